The summed E-state index contributed by atoms with van der Waals surface area (Å²) in [6.07, 6.45) is 3.00. The van der Waals surface area contributed by atoms with Gasteiger partial charge in [0.2, 0.25) is 0 Å². The lowest BCUT2D eigenvalue weighted by atomic mass is 9.16. The van der Waals surface area contributed by atoms with E-state index in [9.17, 15) is 5.11 Å². The molecule has 9 heteroatoms. The van der Waals surface area contributed by atoms with Gasteiger partial charge in [0, 0.05) is 21.9 Å². The van der Waals surface area contributed by atoms with E-state index < -0.39 is 19.5 Å². The summed E-state index contributed by atoms with van der Waals surface area (Å²) in [7, 11) is 13.0. The van der Waals surface area contributed by atoms with Crippen molar-refractivity contribution in [3.8, 4) is 0 Å². The molecule has 0 spiro atoms. The Balaban J connectivity index is 0.000000711. The molecule has 94 valence electrons. The topological polar surface area (TPSA) is 33.4 Å². The van der Waals surface area contributed by atoms with Crippen molar-refractivity contribution >= 4 is 65.6 Å². The number of hydrogen-bond acceptors (Lipinski definition) is 3. The van der Waals surface area contributed by atoms with Gasteiger partial charge in [-0.25, -0.2) is 0 Å². The monoisotopic (exact) mass is 363 g/mol. The SMILES string of the molecule is [3H][P+](P)=S.[B]B([B])[C@H](O)c1cc(Br)c(CCCC)o1. The van der Waals surface area contributed by atoms with Crippen LogP contribution < -0.4 is 0 Å². The largest absolute Gasteiger partial charge is 0.463 e. The lowest BCUT2D eigenvalue weighted by molar-refractivity contribution is 0.222. The zero-order valence-corrected chi connectivity index (χ0v) is 14.6. The molecule has 0 amide bonds. The Kier molecular flexibility index (Phi) is 9.99. The molecule has 0 saturated heterocycles. The van der Waals surface area contributed by atoms with E-state index in [0.29, 0.717) is 5.76 Å². The van der Waals surface area contributed by atoms with Crippen LogP contribution in [0.1, 0.15) is 37.3 Å². The van der Waals surface area contributed by atoms with Crippen molar-refractivity contribution in [2.24, 2.45) is 0 Å². The maximum Gasteiger partial charge on any atom is 0.355 e. The van der Waals surface area contributed by atoms with E-state index >= 15 is 0 Å². The van der Waals surface area contributed by atoms with Crippen molar-refractivity contribution in [1.82, 2.24) is 0 Å². The smallest absolute Gasteiger partial charge is 0.355 e. The van der Waals surface area contributed by atoms with Gasteiger partial charge in [0.25, 0.3) is 0 Å². The average molecular weight is 364 g/mol. The molecule has 0 aliphatic rings. The molecule has 1 aromatic rings. The van der Waals surface area contributed by atoms with Crippen molar-refractivity contribution in [1.29, 1.82) is 1.28 Å². The number of furan rings is 1. The third-order valence-corrected chi connectivity index (χ3v) is 2.86. The zero-order valence-electron chi connectivity index (χ0n) is 11.2. The summed E-state index contributed by atoms with van der Waals surface area (Å²) in [5.74, 6) is 1.26. The van der Waals surface area contributed by atoms with Gasteiger partial charge in [0.05, 0.1) is 25.9 Å². The first-order valence-corrected chi connectivity index (χ1v) is 9.79. The number of aryl methyl sites for hydroxylation is 1. The van der Waals surface area contributed by atoms with Gasteiger partial charge in [-0.1, -0.05) is 13.3 Å². The van der Waals surface area contributed by atoms with E-state index in [1.165, 1.54) is 0 Å². The highest BCUT2D eigenvalue weighted by molar-refractivity contribution is 9.10. The van der Waals surface area contributed by atoms with Crippen LogP contribution in [0.25, 0.3) is 0 Å². The molecule has 1 heterocycles. The summed E-state index contributed by atoms with van der Waals surface area (Å²) >= 11 is 7.69. The number of hydrogen-bond donors (Lipinski definition) is 1. The number of rotatable bonds is 5. The van der Waals surface area contributed by atoms with E-state index in [1.807, 2.05) is 0 Å². The van der Waals surface area contributed by atoms with Gasteiger partial charge in [0.1, 0.15) is 11.5 Å². The minimum atomic E-state index is -0.948. The lowest BCUT2D eigenvalue weighted by Gasteiger charge is -2.09. The Labute approximate surface area is 130 Å². The van der Waals surface area contributed by atoms with Crippen LogP contribution in [-0.4, -0.2) is 28.4 Å². The second-order valence-electron chi connectivity index (χ2n) is 3.65. The van der Waals surface area contributed by atoms with Gasteiger partial charge in [-0.05, 0) is 28.4 Å². The number of unbranched alkanes of at least 4 members (excludes halogenated alkanes) is 1. The predicted octanol–water partition coefficient (Wildman–Crippen LogP) is 2.70. The van der Waals surface area contributed by atoms with E-state index in [2.05, 4.69) is 43.6 Å². The Hall–Kier alpha value is 0.865. The normalized spacial score (nSPS) is 13.1. The Morgan fingerprint density at radius 3 is 2.78 bits per heavy atom. The fraction of sp³-hybridized carbons (Fsp3) is 0.556. The molecule has 0 aliphatic carbocycles. The fourth-order valence-electron chi connectivity index (χ4n) is 1.27. The molecule has 0 bridgehead atoms. The molecule has 18 heavy (non-hydrogen) atoms. The van der Waals surface area contributed by atoms with Crippen molar-refractivity contribution in [2.45, 2.75) is 32.2 Å². The van der Waals surface area contributed by atoms with Crippen LogP contribution in [0.2, 0.25) is 0 Å². The Morgan fingerprint density at radius 2 is 2.33 bits per heavy atom. The standard InChI is InChI=1S/C9H12B3BrO2.H2P2S/c1-2-3-4-7-6(13)5-8(15-7)9(14)12(10)11;1-2-3/h5,9,14H,2-4H2,1H3;1H2/p+1/t9-;/m1./s1/i/hT. The minimum absolute atomic E-state index is 0.419. The lowest BCUT2D eigenvalue weighted by Crippen LogP contribution is -2.24. The maximum atomic E-state index is 9.60. The first-order chi connectivity index (χ1) is 8.79. The summed E-state index contributed by atoms with van der Waals surface area (Å²) in [4.78, 5) is 0. The van der Waals surface area contributed by atoms with Crippen LogP contribution in [0, 0.1) is 0 Å². The molecule has 2 unspecified atom stereocenters. The number of halogens is 1. The highest BCUT2D eigenvalue weighted by Gasteiger charge is 2.19. The first kappa shape index (κ1) is 16.9. The van der Waals surface area contributed by atoms with Crippen molar-refractivity contribution in [3.05, 3.63) is 22.1 Å². The van der Waals surface area contributed by atoms with E-state index in [1.54, 1.807) is 6.07 Å². The van der Waals surface area contributed by atoms with Crippen molar-refractivity contribution in [2.75, 3.05) is 0 Å². The summed E-state index contributed by atoms with van der Waals surface area (Å²) < 4.78 is 12.8. The van der Waals surface area contributed by atoms with Crippen LogP contribution in [0.15, 0.2) is 15.0 Å². The third-order valence-electron chi connectivity index (χ3n) is 2.19. The first-order valence-electron chi connectivity index (χ1n) is 5.92. The van der Waals surface area contributed by atoms with Crippen LogP contribution >= 0.6 is 31.8 Å². The quantitative estimate of drug-likeness (QED) is 0.645. The average Bonchev–Trinajstić information content (AvgIpc) is 2.66. The van der Waals surface area contributed by atoms with Gasteiger partial charge in [-0.2, -0.15) is 0 Å². The highest BCUT2D eigenvalue weighted by Crippen LogP contribution is 2.27. The van der Waals surface area contributed by atoms with E-state index in [4.69, 9.17) is 21.2 Å². The summed E-state index contributed by atoms with van der Waals surface area (Å²) in [6.45, 7) is 0.426. The van der Waals surface area contributed by atoms with Gasteiger partial charge >= 0.3 is 1.28 Å². The molecule has 0 aliphatic heterocycles. The van der Waals surface area contributed by atoms with E-state index in [0.717, 1.165) is 29.5 Å². The molecule has 4 radical (unpaired) electrons. The Morgan fingerprint density at radius 1 is 1.78 bits per heavy atom. The maximum absolute atomic E-state index is 9.60. The van der Waals surface area contributed by atoms with Crippen LogP contribution in [0.4, 0.5) is 0 Å². The molecule has 0 fully saturated rings. The second-order valence-corrected chi connectivity index (χ2v) is 7.25. The van der Waals surface area contributed by atoms with Crippen molar-refractivity contribution < 1.29 is 9.52 Å². The molecule has 0 saturated carbocycles. The molecule has 1 N–H and O–H groups in total. The summed E-state index contributed by atoms with van der Waals surface area (Å²) in [5.41, 5.74) is 0. The van der Waals surface area contributed by atoms with Crippen LogP contribution in [-0.2, 0) is 18.2 Å². The minimum Gasteiger partial charge on any atom is -0.463 e. The highest BCUT2D eigenvalue weighted by atomic mass is 79.9. The molecule has 2 nitrogen and oxygen atoms in total. The summed E-state index contributed by atoms with van der Waals surface area (Å²) in [5, 5.41) is 9.60. The van der Waals surface area contributed by atoms with Gasteiger partial charge in [-0.3, -0.25) is 0 Å². The van der Waals surface area contributed by atoms with Crippen molar-refractivity contribution in [3.63, 3.8) is 0 Å². The Bertz CT molecular complexity index is 405. The molecular weight excluding hydrogens is 346 g/mol. The van der Waals surface area contributed by atoms with E-state index in [-0.39, 0.29) is 0 Å². The summed E-state index contributed by atoms with van der Waals surface area (Å²) in [6, 6.07) is 0.777. The predicted molar refractivity (Wildman–Crippen MR) is 92.6 cm³/mol. The molecule has 1 rings (SSSR count). The third kappa shape index (κ3) is 6.87. The van der Waals surface area contributed by atoms with Gasteiger partial charge in [-0.15, -0.1) is 0 Å². The molecule has 1 aromatic heterocycles. The number of aliphatic hydroxyl groups is 1. The van der Waals surface area contributed by atoms with Gasteiger partial charge < -0.3 is 9.52 Å². The molecule has 3 atom stereocenters. The van der Waals surface area contributed by atoms with Crippen LogP contribution in [0.5, 0.6) is 0 Å². The molecular formula is C9H15B3BrO2P2S+. The van der Waals surface area contributed by atoms with Crippen LogP contribution in [0.3, 0.4) is 0 Å². The molecule has 0 aromatic carbocycles. The fourth-order valence-corrected chi connectivity index (χ4v) is 1.77. The second kappa shape index (κ2) is 10.6. The zero-order chi connectivity index (χ0) is 15.0. The number of aliphatic hydroxyl groups excluding tert-OH is 1. The van der Waals surface area contributed by atoms with Gasteiger partial charge in [0.15, 0.2) is 18.8 Å².